The van der Waals surface area contributed by atoms with Gasteiger partial charge in [-0.15, -0.1) is 0 Å². The molecule has 1 aromatic rings. The van der Waals surface area contributed by atoms with Crippen LogP contribution in [0.5, 0.6) is 0 Å². The maximum Gasteiger partial charge on any atom is 0.101 e. The van der Waals surface area contributed by atoms with E-state index < -0.39 is 0 Å². The van der Waals surface area contributed by atoms with Crippen LogP contribution in [-0.4, -0.2) is 18.6 Å². The van der Waals surface area contributed by atoms with Gasteiger partial charge in [0.05, 0.1) is 11.3 Å². The zero-order valence-electron chi connectivity index (χ0n) is 10.0. The summed E-state index contributed by atoms with van der Waals surface area (Å²) in [5.74, 6) is 1.23. The van der Waals surface area contributed by atoms with E-state index in [-0.39, 0.29) is 0 Å². The lowest BCUT2D eigenvalue weighted by Crippen LogP contribution is -2.03. The summed E-state index contributed by atoms with van der Waals surface area (Å²) in [4.78, 5) is 0. The molecule has 0 saturated carbocycles. The molecule has 0 heterocycles. The van der Waals surface area contributed by atoms with Crippen molar-refractivity contribution in [2.24, 2.45) is 0 Å². The quantitative estimate of drug-likeness (QED) is 0.755. The summed E-state index contributed by atoms with van der Waals surface area (Å²) in [6, 6.07) is 7.51. The molecule has 0 aliphatic heterocycles. The Morgan fingerprint density at radius 1 is 1.35 bits per heavy atom. The number of nitriles is 1. The second-order valence-electron chi connectivity index (χ2n) is 3.78. The van der Waals surface area contributed by atoms with E-state index in [1.807, 2.05) is 17.8 Å². The Labute approximate surface area is 112 Å². The molecule has 0 aliphatic rings. The van der Waals surface area contributed by atoms with E-state index in [1.165, 1.54) is 18.6 Å². The van der Waals surface area contributed by atoms with Crippen molar-refractivity contribution in [3.05, 3.63) is 28.8 Å². The first-order chi connectivity index (χ1) is 8.27. The smallest absolute Gasteiger partial charge is 0.101 e. The van der Waals surface area contributed by atoms with Crippen molar-refractivity contribution in [3.8, 4) is 6.07 Å². The number of rotatable bonds is 7. The highest BCUT2D eigenvalue weighted by molar-refractivity contribution is 7.98. The lowest BCUT2D eigenvalue weighted by atomic mass is 10.2. The summed E-state index contributed by atoms with van der Waals surface area (Å²) < 4.78 is 0. The van der Waals surface area contributed by atoms with Gasteiger partial charge in [0.2, 0.25) is 0 Å². The Morgan fingerprint density at radius 3 is 2.88 bits per heavy atom. The van der Waals surface area contributed by atoms with Crippen molar-refractivity contribution in [2.45, 2.75) is 19.3 Å². The van der Waals surface area contributed by atoms with Gasteiger partial charge in [-0.3, -0.25) is 0 Å². The molecule has 1 aromatic carbocycles. The third-order valence-corrected chi connectivity index (χ3v) is 3.37. The van der Waals surface area contributed by atoms with Crippen LogP contribution in [0.25, 0.3) is 0 Å². The fourth-order valence-electron chi connectivity index (χ4n) is 1.53. The first-order valence-corrected chi connectivity index (χ1v) is 7.47. The fourth-order valence-corrected chi connectivity index (χ4v) is 2.20. The molecule has 0 saturated heterocycles. The SMILES string of the molecule is CSCCCCCNc1ccc(Cl)cc1C#N. The fraction of sp³-hybridized carbons (Fsp3) is 0.462. The van der Waals surface area contributed by atoms with E-state index in [4.69, 9.17) is 16.9 Å². The van der Waals surface area contributed by atoms with Crippen molar-refractivity contribution >= 4 is 29.1 Å². The standard InChI is InChI=1S/C13H17ClN2S/c1-17-8-4-2-3-7-16-13-6-5-12(14)9-11(13)10-15/h5-6,9,16H,2-4,7-8H2,1H3. The number of nitrogens with one attached hydrogen (secondary N) is 1. The highest BCUT2D eigenvalue weighted by Crippen LogP contribution is 2.19. The van der Waals surface area contributed by atoms with Gasteiger partial charge in [0.15, 0.2) is 0 Å². The average Bonchev–Trinajstić information content (AvgIpc) is 2.35. The topological polar surface area (TPSA) is 35.8 Å². The summed E-state index contributed by atoms with van der Waals surface area (Å²) in [5.41, 5.74) is 1.49. The Hall–Kier alpha value is -0.850. The minimum atomic E-state index is 0.604. The molecule has 0 aromatic heterocycles. The van der Waals surface area contributed by atoms with Crippen molar-refractivity contribution in [1.82, 2.24) is 0 Å². The monoisotopic (exact) mass is 268 g/mol. The van der Waals surface area contributed by atoms with E-state index in [0.29, 0.717) is 10.6 Å². The van der Waals surface area contributed by atoms with E-state index >= 15 is 0 Å². The van der Waals surface area contributed by atoms with Gasteiger partial charge in [-0.25, -0.2) is 0 Å². The lowest BCUT2D eigenvalue weighted by Gasteiger charge is -2.08. The number of unbranched alkanes of at least 4 members (excludes halogenated alkanes) is 2. The number of nitrogens with zero attached hydrogens (tertiary/aromatic N) is 1. The van der Waals surface area contributed by atoms with E-state index in [9.17, 15) is 0 Å². The van der Waals surface area contributed by atoms with Crippen LogP contribution in [0.15, 0.2) is 18.2 Å². The average molecular weight is 269 g/mol. The lowest BCUT2D eigenvalue weighted by molar-refractivity contribution is 0.749. The van der Waals surface area contributed by atoms with Gasteiger partial charge in [0.25, 0.3) is 0 Å². The molecular weight excluding hydrogens is 252 g/mol. The number of thioether (sulfide) groups is 1. The summed E-state index contributed by atoms with van der Waals surface area (Å²) in [6.45, 7) is 0.907. The zero-order valence-corrected chi connectivity index (χ0v) is 11.6. The molecular formula is C13H17ClN2S. The van der Waals surface area contributed by atoms with Crippen LogP contribution in [-0.2, 0) is 0 Å². The molecule has 0 bridgehead atoms. The second kappa shape index (κ2) is 8.27. The van der Waals surface area contributed by atoms with Crippen molar-refractivity contribution in [1.29, 1.82) is 5.26 Å². The zero-order chi connectivity index (χ0) is 12.5. The minimum Gasteiger partial charge on any atom is -0.384 e. The van der Waals surface area contributed by atoms with Gasteiger partial charge in [-0.05, 0) is 43.0 Å². The van der Waals surface area contributed by atoms with Gasteiger partial charge < -0.3 is 5.32 Å². The molecule has 0 amide bonds. The first kappa shape index (κ1) is 14.2. The molecule has 1 rings (SSSR count). The Balaban J connectivity index is 2.34. The van der Waals surface area contributed by atoms with Crippen LogP contribution in [0, 0.1) is 11.3 Å². The summed E-state index contributed by atoms with van der Waals surface area (Å²) in [6.07, 6.45) is 5.75. The molecule has 0 fully saturated rings. The van der Waals surface area contributed by atoms with Crippen molar-refractivity contribution in [2.75, 3.05) is 23.9 Å². The van der Waals surface area contributed by atoms with Crippen LogP contribution >= 0.6 is 23.4 Å². The summed E-state index contributed by atoms with van der Waals surface area (Å²) >= 11 is 7.72. The molecule has 0 spiro atoms. The Bertz CT molecular complexity index is 387. The van der Waals surface area contributed by atoms with Crippen LogP contribution in [0.1, 0.15) is 24.8 Å². The highest BCUT2D eigenvalue weighted by atomic mass is 35.5. The molecule has 0 atom stereocenters. The van der Waals surface area contributed by atoms with Gasteiger partial charge in [-0.1, -0.05) is 18.0 Å². The third-order valence-electron chi connectivity index (χ3n) is 2.44. The molecule has 0 unspecified atom stereocenters. The highest BCUT2D eigenvalue weighted by Gasteiger charge is 2.01. The molecule has 0 radical (unpaired) electrons. The molecule has 17 heavy (non-hydrogen) atoms. The van der Waals surface area contributed by atoms with Gasteiger partial charge in [0.1, 0.15) is 6.07 Å². The molecule has 92 valence electrons. The number of anilines is 1. The normalized spacial score (nSPS) is 9.94. The molecule has 2 nitrogen and oxygen atoms in total. The molecule has 0 aliphatic carbocycles. The van der Waals surface area contributed by atoms with Crippen LogP contribution < -0.4 is 5.32 Å². The Kier molecular flexibility index (Phi) is 6.91. The van der Waals surface area contributed by atoms with Crippen LogP contribution in [0.3, 0.4) is 0 Å². The second-order valence-corrected chi connectivity index (χ2v) is 5.20. The number of benzene rings is 1. The number of halogens is 1. The Morgan fingerprint density at radius 2 is 2.18 bits per heavy atom. The predicted octanol–water partition coefficient (Wildman–Crippen LogP) is 4.16. The van der Waals surface area contributed by atoms with Crippen LogP contribution in [0.2, 0.25) is 5.02 Å². The van der Waals surface area contributed by atoms with Gasteiger partial charge >= 0.3 is 0 Å². The van der Waals surface area contributed by atoms with E-state index in [0.717, 1.165) is 18.7 Å². The summed E-state index contributed by atoms with van der Waals surface area (Å²) in [7, 11) is 0. The van der Waals surface area contributed by atoms with Gasteiger partial charge in [0, 0.05) is 11.6 Å². The molecule has 4 heteroatoms. The van der Waals surface area contributed by atoms with Crippen molar-refractivity contribution in [3.63, 3.8) is 0 Å². The minimum absolute atomic E-state index is 0.604. The number of hydrogen-bond donors (Lipinski definition) is 1. The predicted molar refractivity (Wildman–Crippen MR) is 76.9 cm³/mol. The van der Waals surface area contributed by atoms with Gasteiger partial charge in [-0.2, -0.15) is 17.0 Å². The van der Waals surface area contributed by atoms with E-state index in [1.54, 1.807) is 12.1 Å². The maximum absolute atomic E-state index is 8.96. The van der Waals surface area contributed by atoms with E-state index in [2.05, 4.69) is 17.6 Å². The van der Waals surface area contributed by atoms with Crippen molar-refractivity contribution < 1.29 is 0 Å². The maximum atomic E-state index is 8.96. The largest absolute Gasteiger partial charge is 0.384 e. The first-order valence-electron chi connectivity index (χ1n) is 5.70. The number of hydrogen-bond acceptors (Lipinski definition) is 3. The summed E-state index contributed by atoms with van der Waals surface area (Å²) in [5, 5.41) is 12.8. The third kappa shape index (κ3) is 5.34. The molecule has 1 N–H and O–H groups in total. The van der Waals surface area contributed by atoms with Crippen LogP contribution in [0.4, 0.5) is 5.69 Å².